The Labute approximate surface area is 92.9 Å². The Bertz CT molecular complexity index is 266. The zero-order valence-corrected chi connectivity index (χ0v) is 9.79. The largest absolute Gasteiger partial charge is 0.329 e. The van der Waals surface area contributed by atoms with Crippen LogP contribution in [-0.4, -0.2) is 13.1 Å². The van der Waals surface area contributed by atoms with Crippen molar-refractivity contribution in [1.82, 2.24) is 5.32 Å². The third-order valence-corrected chi connectivity index (χ3v) is 2.81. The maximum absolute atomic E-state index is 5.41. The molecular formula is C13H22N2. The molecule has 1 rings (SSSR count). The maximum Gasteiger partial charge on any atom is 0.0206 e. The van der Waals surface area contributed by atoms with Crippen molar-refractivity contribution in [2.75, 3.05) is 13.1 Å². The van der Waals surface area contributed by atoms with E-state index in [4.69, 9.17) is 5.73 Å². The van der Waals surface area contributed by atoms with Crippen LogP contribution in [0.15, 0.2) is 24.3 Å². The van der Waals surface area contributed by atoms with E-state index in [1.165, 1.54) is 17.5 Å². The first kappa shape index (κ1) is 12.2. The molecule has 0 aliphatic heterocycles. The van der Waals surface area contributed by atoms with Crippen molar-refractivity contribution >= 4 is 0 Å². The second-order valence-corrected chi connectivity index (χ2v) is 4.02. The summed E-state index contributed by atoms with van der Waals surface area (Å²) >= 11 is 0. The maximum atomic E-state index is 5.41. The van der Waals surface area contributed by atoms with Gasteiger partial charge in [0.25, 0.3) is 0 Å². The first-order valence-corrected chi connectivity index (χ1v) is 5.77. The summed E-state index contributed by atoms with van der Waals surface area (Å²) in [5, 5.41) is 3.29. The summed E-state index contributed by atoms with van der Waals surface area (Å²) in [5.74, 6) is 0.663. The van der Waals surface area contributed by atoms with Crippen molar-refractivity contribution in [2.45, 2.75) is 32.7 Å². The van der Waals surface area contributed by atoms with Crippen LogP contribution in [-0.2, 0) is 6.54 Å². The summed E-state index contributed by atoms with van der Waals surface area (Å²) in [6, 6.07) is 8.86. The highest BCUT2D eigenvalue weighted by Gasteiger charge is 2.01. The Balaban J connectivity index is 2.49. The van der Waals surface area contributed by atoms with Gasteiger partial charge < -0.3 is 11.1 Å². The summed E-state index contributed by atoms with van der Waals surface area (Å²) < 4.78 is 0. The van der Waals surface area contributed by atoms with Gasteiger partial charge in [0, 0.05) is 19.6 Å². The summed E-state index contributed by atoms with van der Waals surface area (Å²) in [7, 11) is 0. The Hall–Kier alpha value is -0.860. The molecule has 0 spiro atoms. The van der Waals surface area contributed by atoms with E-state index in [1.807, 2.05) is 0 Å². The molecule has 84 valence electrons. The van der Waals surface area contributed by atoms with Gasteiger partial charge in [0.1, 0.15) is 0 Å². The van der Waals surface area contributed by atoms with E-state index in [-0.39, 0.29) is 0 Å². The first-order chi connectivity index (χ1) is 7.27. The van der Waals surface area contributed by atoms with Crippen molar-refractivity contribution < 1.29 is 0 Å². The topological polar surface area (TPSA) is 38.0 Å². The fourth-order valence-corrected chi connectivity index (χ4v) is 1.53. The standard InChI is InChI=1S/C13H22N2/c1-3-11(2)13-6-4-12(5-7-13)10-15-9-8-14/h4-7,11,15H,3,8-10,14H2,1-2H3. The molecule has 0 heterocycles. The van der Waals surface area contributed by atoms with E-state index in [1.54, 1.807) is 0 Å². The molecule has 0 saturated carbocycles. The van der Waals surface area contributed by atoms with Gasteiger partial charge in [0.2, 0.25) is 0 Å². The van der Waals surface area contributed by atoms with Gasteiger partial charge in [-0.3, -0.25) is 0 Å². The van der Waals surface area contributed by atoms with Gasteiger partial charge in [-0.25, -0.2) is 0 Å². The number of hydrogen-bond donors (Lipinski definition) is 2. The average molecular weight is 206 g/mol. The van der Waals surface area contributed by atoms with E-state index in [2.05, 4.69) is 43.4 Å². The molecule has 1 aromatic carbocycles. The highest BCUT2D eigenvalue weighted by Crippen LogP contribution is 2.18. The lowest BCUT2D eigenvalue weighted by molar-refractivity contribution is 0.692. The number of nitrogens with two attached hydrogens (primary N) is 1. The number of benzene rings is 1. The van der Waals surface area contributed by atoms with Crippen LogP contribution in [0.2, 0.25) is 0 Å². The predicted octanol–water partition coefficient (Wildman–Crippen LogP) is 2.25. The smallest absolute Gasteiger partial charge is 0.0206 e. The Morgan fingerprint density at radius 3 is 2.47 bits per heavy atom. The van der Waals surface area contributed by atoms with Crippen LogP contribution < -0.4 is 11.1 Å². The molecule has 1 unspecified atom stereocenters. The zero-order valence-electron chi connectivity index (χ0n) is 9.79. The summed E-state index contributed by atoms with van der Waals surface area (Å²) in [6.07, 6.45) is 1.20. The molecule has 1 atom stereocenters. The molecule has 1 aromatic rings. The van der Waals surface area contributed by atoms with Crippen molar-refractivity contribution in [3.8, 4) is 0 Å². The molecule has 15 heavy (non-hydrogen) atoms. The third-order valence-electron chi connectivity index (χ3n) is 2.81. The van der Waals surface area contributed by atoms with Gasteiger partial charge in [0.15, 0.2) is 0 Å². The molecule has 0 aliphatic carbocycles. The molecule has 2 nitrogen and oxygen atoms in total. The van der Waals surface area contributed by atoms with Crippen LogP contribution >= 0.6 is 0 Å². The predicted molar refractivity (Wildman–Crippen MR) is 65.9 cm³/mol. The van der Waals surface area contributed by atoms with Crippen molar-refractivity contribution in [3.63, 3.8) is 0 Å². The molecule has 0 aromatic heterocycles. The van der Waals surface area contributed by atoms with Crippen LogP contribution in [0.4, 0.5) is 0 Å². The van der Waals surface area contributed by atoms with Gasteiger partial charge in [-0.05, 0) is 23.5 Å². The Kier molecular flexibility index (Phi) is 5.37. The molecule has 3 N–H and O–H groups in total. The second-order valence-electron chi connectivity index (χ2n) is 4.02. The Morgan fingerprint density at radius 1 is 1.27 bits per heavy atom. The van der Waals surface area contributed by atoms with Crippen molar-refractivity contribution in [2.24, 2.45) is 5.73 Å². The lowest BCUT2D eigenvalue weighted by Crippen LogP contribution is -2.21. The fraction of sp³-hybridized carbons (Fsp3) is 0.538. The van der Waals surface area contributed by atoms with Crippen LogP contribution in [0.3, 0.4) is 0 Å². The minimum absolute atomic E-state index is 0.663. The average Bonchev–Trinajstić information content (AvgIpc) is 2.29. The van der Waals surface area contributed by atoms with E-state index in [0.717, 1.165) is 13.1 Å². The highest BCUT2D eigenvalue weighted by molar-refractivity contribution is 5.24. The fourth-order valence-electron chi connectivity index (χ4n) is 1.53. The molecule has 0 fully saturated rings. The minimum Gasteiger partial charge on any atom is -0.329 e. The van der Waals surface area contributed by atoms with Gasteiger partial charge in [0.05, 0.1) is 0 Å². The van der Waals surface area contributed by atoms with E-state index in [9.17, 15) is 0 Å². The number of hydrogen-bond acceptors (Lipinski definition) is 2. The minimum atomic E-state index is 0.663. The van der Waals surface area contributed by atoms with Gasteiger partial charge in [-0.15, -0.1) is 0 Å². The molecule has 0 saturated heterocycles. The van der Waals surface area contributed by atoms with E-state index < -0.39 is 0 Å². The molecule has 0 amide bonds. The molecule has 0 bridgehead atoms. The lowest BCUT2D eigenvalue weighted by atomic mass is 9.98. The normalized spacial score (nSPS) is 12.7. The SMILES string of the molecule is CCC(C)c1ccc(CNCCN)cc1. The van der Waals surface area contributed by atoms with Crippen molar-refractivity contribution in [3.05, 3.63) is 35.4 Å². The molecule has 2 heteroatoms. The first-order valence-electron chi connectivity index (χ1n) is 5.77. The number of nitrogens with one attached hydrogen (secondary N) is 1. The second kappa shape index (κ2) is 6.59. The van der Waals surface area contributed by atoms with Crippen molar-refractivity contribution in [1.29, 1.82) is 0 Å². The van der Waals surface area contributed by atoms with Gasteiger partial charge in [-0.1, -0.05) is 38.1 Å². The summed E-state index contributed by atoms with van der Waals surface area (Å²) in [6.45, 7) is 6.99. The molecular weight excluding hydrogens is 184 g/mol. The zero-order chi connectivity index (χ0) is 11.1. The Morgan fingerprint density at radius 2 is 1.93 bits per heavy atom. The highest BCUT2D eigenvalue weighted by atomic mass is 14.9. The van der Waals surface area contributed by atoms with Crippen LogP contribution in [0.25, 0.3) is 0 Å². The van der Waals surface area contributed by atoms with Crippen LogP contribution in [0, 0.1) is 0 Å². The van der Waals surface area contributed by atoms with Crippen LogP contribution in [0.5, 0.6) is 0 Å². The number of rotatable bonds is 6. The van der Waals surface area contributed by atoms with Crippen LogP contribution in [0.1, 0.15) is 37.3 Å². The summed E-state index contributed by atoms with van der Waals surface area (Å²) in [4.78, 5) is 0. The third kappa shape index (κ3) is 4.02. The lowest BCUT2D eigenvalue weighted by Gasteiger charge is -2.10. The van der Waals surface area contributed by atoms with E-state index >= 15 is 0 Å². The molecule has 0 radical (unpaired) electrons. The quantitative estimate of drug-likeness (QED) is 0.701. The molecule has 0 aliphatic rings. The van der Waals surface area contributed by atoms with Gasteiger partial charge >= 0.3 is 0 Å². The van der Waals surface area contributed by atoms with Gasteiger partial charge in [-0.2, -0.15) is 0 Å². The monoisotopic (exact) mass is 206 g/mol. The van der Waals surface area contributed by atoms with E-state index in [0.29, 0.717) is 12.5 Å². The summed E-state index contributed by atoms with van der Waals surface area (Å²) in [5.41, 5.74) is 8.17.